The van der Waals surface area contributed by atoms with Crippen LogP contribution in [-0.2, 0) is 4.79 Å². The van der Waals surface area contributed by atoms with Crippen LogP contribution in [0.3, 0.4) is 0 Å². The van der Waals surface area contributed by atoms with E-state index in [2.05, 4.69) is 4.98 Å². The Kier molecular flexibility index (Phi) is 3.26. The van der Waals surface area contributed by atoms with Gasteiger partial charge < -0.3 is 0 Å². The lowest BCUT2D eigenvalue weighted by Crippen LogP contribution is -1.79. The first-order valence-corrected chi connectivity index (χ1v) is 3.92. The van der Waals surface area contributed by atoms with Crippen LogP contribution in [0.2, 0.25) is 10.2 Å². The largest absolute Gasteiger partial charge is 0.299 e. The van der Waals surface area contributed by atoms with Crippen molar-refractivity contribution in [2.24, 2.45) is 0 Å². The molecule has 0 N–H and O–H groups in total. The van der Waals surface area contributed by atoms with Gasteiger partial charge in [0.25, 0.3) is 0 Å². The zero-order chi connectivity index (χ0) is 8.97. The number of rotatable bonds is 2. The van der Waals surface area contributed by atoms with E-state index < -0.39 is 0 Å². The minimum absolute atomic E-state index is 0.336. The molecule has 1 aromatic heterocycles. The van der Waals surface area contributed by atoms with Crippen LogP contribution in [0, 0.1) is 0 Å². The second-order valence-electron chi connectivity index (χ2n) is 2.02. The molecule has 0 aliphatic heterocycles. The second-order valence-corrected chi connectivity index (χ2v) is 2.82. The predicted octanol–water partition coefficient (Wildman–Crippen LogP) is 2.60. The van der Waals surface area contributed by atoms with Gasteiger partial charge >= 0.3 is 0 Å². The number of hydrogen-bond donors (Lipinski definition) is 0. The average molecular weight is 202 g/mol. The molecule has 62 valence electrons. The van der Waals surface area contributed by atoms with E-state index in [1.54, 1.807) is 6.08 Å². The fraction of sp³-hybridized carbons (Fsp3) is 0. The van der Waals surface area contributed by atoms with Gasteiger partial charge in [0, 0.05) is 11.8 Å². The minimum atomic E-state index is 0.336. The smallest absolute Gasteiger partial charge is 0.142 e. The summed E-state index contributed by atoms with van der Waals surface area (Å²) in [5.74, 6) is 0. The summed E-state index contributed by atoms with van der Waals surface area (Å²) < 4.78 is 0. The molecule has 1 heterocycles. The molecule has 1 aromatic rings. The zero-order valence-corrected chi connectivity index (χ0v) is 7.51. The van der Waals surface area contributed by atoms with Crippen LogP contribution in [-0.4, -0.2) is 11.3 Å². The Hall–Kier alpha value is -0.860. The van der Waals surface area contributed by atoms with Crippen LogP contribution in [0.5, 0.6) is 0 Å². The topological polar surface area (TPSA) is 30.0 Å². The van der Waals surface area contributed by atoms with Crippen molar-refractivity contribution in [3.63, 3.8) is 0 Å². The van der Waals surface area contributed by atoms with Crippen molar-refractivity contribution in [2.75, 3.05) is 0 Å². The second kappa shape index (κ2) is 4.24. The van der Waals surface area contributed by atoms with Crippen molar-refractivity contribution >= 4 is 35.6 Å². The van der Waals surface area contributed by atoms with Gasteiger partial charge in [0.05, 0.1) is 5.02 Å². The summed E-state index contributed by atoms with van der Waals surface area (Å²) in [7, 11) is 0. The Morgan fingerprint density at radius 2 is 2.17 bits per heavy atom. The van der Waals surface area contributed by atoms with Crippen molar-refractivity contribution in [3.8, 4) is 0 Å². The third-order valence-electron chi connectivity index (χ3n) is 1.20. The van der Waals surface area contributed by atoms with Gasteiger partial charge in [-0.2, -0.15) is 0 Å². The lowest BCUT2D eigenvalue weighted by Gasteiger charge is -1.95. The first-order chi connectivity index (χ1) is 5.74. The van der Waals surface area contributed by atoms with E-state index in [9.17, 15) is 4.79 Å². The molecule has 0 bridgehead atoms. The Balaban J connectivity index is 3.01. The summed E-state index contributed by atoms with van der Waals surface area (Å²) in [5, 5.41) is 0.816. The maximum Gasteiger partial charge on any atom is 0.142 e. The third kappa shape index (κ3) is 2.32. The van der Waals surface area contributed by atoms with E-state index >= 15 is 0 Å². The van der Waals surface area contributed by atoms with Gasteiger partial charge in [0.2, 0.25) is 0 Å². The molecule has 0 radical (unpaired) electrons. The summed E-state index contributed by atoms with van der Waals surface area (Å²) in [6.07, 6.45) is 5.09. The first-order valence-electron chi connectivity index (χ1n) is 3.17. The van der Waals surface area contributed by atoms with Crippen molar-refractivity contribution in [1.82, 2.24) is 4.98 Å². The molecular weight excluding hydrogens is 197 g/mol. The molecule has 0 amide bonds. The monoisotopic (exact) mass is 201 g/mol. The van der Waals surface area contributed by atoms with Crippen LogP contribution < -0.4 is 0 Å². The molecule has 2 nitrogen and oxygen atoms in total. The van der Waals surface area contributed by atoms with Gasteiger partial charge in [-0.25, -0.2) is 4.98 Å². The van der Waals surface area contributed by atoms with E-state index in [0.717, 1.165) is 0 Å². The lowest BCUT2D eigenvalue weighted by atomic mass is 10.2. The van der Waals surface area contributed by atoms with Crippen LogP contribution >= 0.6 is 23.2 Å². The molecule has 12 heavy (non-hydrogen) atoms. The highest BCUT2D eigenvalue weighted by molar-refractivity contribution is 6.34. The molecule has 0 aliphatic carbocycles. The molecule has 0 saturated carbocycles. The maximum absolute atomic E-state index is 9.98. The fourth-order valence-electron chi connectivity index (χ4n) is 0.684. The van der Waals surface area contributed by atoms with Crippen molar-refractivity contribution in [3.05, 3.63) is 34.1 Å². The molecule has 0 aromatic carbocycles. The van der Waals surface area contributed by atoms with Gasteiger partial charge in [-0.1, -0.05) is 23.2 Å². The molecule has 0 unspecified atom stereocenters. The number of nitrogens with zero attached hydrogens (tertiary/aromatic N) is 1. The SMILES string of the molecule is O=C/C=C/c1cnc(Cl)cc1Cl. The summed E-state index contributed by atoms with van der Waals surface area (Å²) in [6, 6.07) is 1.52. The average Bonchev–Trinajstić information content (AvgIpc) is 2.03. The Morgan fingerprint density at radius 1 is 1.42 bits per heavy atom. The van der Waals surface area contributed by atoms with Gasteiger partial charge in [-0.05, 0) is 18.2 Å². The standard InChI is InChI=1S/C8H5Cl2NO/c9-7-4-8(10)11-5-6(7)2-1-3-12/h1-5H/b2-1+. The third-order valence-corrected chi connectivity index (χ3v) is 1.74. The zero-order valence-electron chi connectivity index (χ0n) is 6.00. The molecule has 0 fully saturated rings. The van der Waals surface area contributed by atoms with Gasteiger partial charge in [-0.15, -0.1) is 0 Å². The molecule has 1 rings (SSSR count). The highest BCUT2D eigenvalue weighted by atomic mass is 35.5. The van der Waals surface area contributed by atoms with Crippen molar-refractivity contribution in [2.45, 2.75) is 0 Å². The highest BCUT2D eigenvalue weighted by Crippen LogP contribution is 2.19. The number of hydrogen-bond acceptors (Lipinski definition) is 2. The number of pyridine rings is 1. The number of carbonyl (C=O) groups excluding carboxylic acids is 1. The van der Waals surface area contributed by atoms with Crippen LogP contribution in [0.1, 0.15) is 5.56 Å². The molecule has 0 spiro atoms. The maximum atomic E-state index is 9.98. The van der Waals surface area contributed by atoms with Crippen molar-refractivity contribution < 1.29 is 4.79 Å². The van der Waals surface area contributed by atoms with E-state index in [1.807, 2.05) is 0 Å². The first kappa shape index (κ1) is 9.23. The molecule has 4 heteroatoms. The van der Waals surface area contributed by atoms with E-state index in [-0.39, 0.29) is 0 Å². The van der Waals surface area contributed by atoms with E-state index in [0.29, 0.717) is 22.0 Å². The Bertz CT molecular complexity index is 323. The summed E-state index contributed by atoms with van der Waals surface area (Å²) in [4.78, 5) is 13.8. The normalized spacial score (nSPS) is 10.5. The van der Waals surface area contributed by atoms with Gasteiger partial charge in [0.15, 0.2) is 0 Å². The number of halogens is 2. The van der Waals surface area contributed by atoms with E-state index in [4.69, 9.17) is 23.2 Å². The molecule has 0 aliphatic rings. The number of aromatic nitrogens is 1. The molecule has 0 saturated heterocycles. The minimum Gasteiger partial charge on any atom is -0.299 e. The van der Waals surface area contributed by atoms with E-state index in [1.165, 1.54) is 18.3 Å². The summed E-state index contributed by atoms with van der Waals surface area (Å²) >= 11 is 11.3. The molecule has 0 atom stereocenters. The summed E-state index contributed by atoms with van der Waals surface area (Å²) in [6.45, 7) is 0. The number of allylic oxidation sites excluding steroid dienone is 1. The fourth-order valence-corrected chi connectivity index (χ4v) is 1.11. The lowest BCUT2D eigenvalue weighted by molar-refractivity contribution is -0.104. The van der Waals surface area contributed by atoms with Gasteiger partial charge in [-0.3, -0.25) is 4.79 Å². The highest BCUT2D eigenvalue weighted by Gasteiger charge is 1.97. The van der Waals surface area contributed by atoms with Crippen molar-refractivity contribution in [1.29, 1.82) is 0 Å². The molecular formula is C8H5Cl2NO. The van der Waals surface area contributed by atoms with Crippen LogP contribution in [0.15, 0.2) is 18.3 Å². The quantitative estimate of drug-likeness (QED) is 0.419. The predicted molar refractivity (Wildman–Crippen MR) is 49.4 cm³/mol. The van der Waals surface area contributed by atoms with Gasteiger partial charge in [0.1, 0.15) is 11.4 Å². The number of aldehydes is 1. The van der Waals surface area contributed by atoms with Crippen LogP contribution in [0.25, 0.3) is 6.08 Å². The number of carbonyl (C=O) groups is 1. The summed E-state index contributed by atoms with van der Waals surface area (Å²) in [5.41, 5.74) is 0.674. The van der Waals surface area contributed by atoms with Crippen LogP contribution in [0.4, 0.5) is 0 Å². The Morgan fingerprint density at radius 3 is 2.75 bits per heavy atom. The Labute approximate surface area is 79.8 Å².